The van der Waals surface area contributed by atoms with E-state index < -0.39 is 9.85 Å². The van der Waals surface area contributed by atoms with Gasteiger partial charge in [0, 0.05) is 79.0 Å². The van der Waals surface area contributed by atoms with E-state index in [1.54, 1.807) is 24.3 Å². The summed E-state index contributed by atoms with van der Waals surface area (Å²) < 4.78 is 55.8. The number of ether oxygens (including phenoxy) is 10. The van der Waals surface area contributed by atoms with E-state index in [0.717, 1.165) is 69.1 Å². The first-order chi connectivity index (χ1) is 42.5. The molecule has 2 atom stereocenters. The number of nitro groups is 2. The van der Waals surface area contributed by atoms with Crippen LogP contribution in [0.25, 0.3) is 10.9 Å². The third-order valence-corrected chi connectivity index (χ3v) is 16.0. The number of aromatic nitrogens is 1. The fourth-order valence-corrected chi connectivity index (χ4v) is 11.2. The number of carbonyl (C=O) groups excluding carboxylic acids is 2. The predicted molar refractivity (Wildman–Crippen MR) is 328 cm³/mol. The number of likely N-dealkylation sites (tertiary alicyclic amines) is 2. The molecule has 0 bridgehead atoms. The van der Waals surface area contributed by atoms with Crippen LogP contribution in [0, 0.1) is 39.0 Å². The molecular formula is C63H86N8O16. The normalized spacial score (nSPS) is 16.9. The van der Waals surface area contributed by atoms with Crippen LogP contribution in [-0.4, -0.2) is 208 Å². The van der Waals surface area contributed by atoms with Crippen LogP contribution in [0.15, 0.2) is 84.9 Å². The Balaban J connectivity index is 0.554. The number of H-pyrrole nitrogens is 1. The van der Waals surface area contributed by atoms with E-state index in [-0.39, 0.29) is 47.4 Å². The lowest BCUT2D eigenvalue weighted by atomic mass is 9.67. The number of rotatable bonds is 40. The van der Waals surface area contributed by atoms with Crippen molar-refractivity contribution in [2.24, 2.45) is 11.8 Å². The maximum Gasteiger partial charge on any atom is 0.299 e. The number of nitrogens with zero attached hydrogens (tertiary/aromatic N) is 4. The predicted octanol–water partition coefficient (Wildman–Crippen LogP) is 8.02. The molecule has 8 rings (SSSR count). The Morgan fingerprint density at radius 2 is 1.22 bits per heavy atom. The number of aromatic amines is 1. The van der Waals surface area contributed by atoms with Crippen LogP contribution in [0.5, 0.6) is 11.5 Å². The van der Waals surface area contributed by atoms with Crippen LogP contribution in [0.1, 0.15) is 64.6 Å². The molecule has 4 heterocycles. The molecule has 3 aliphatic rings. The van der Waals surface area contributed by atoms with E-state index in [1.807, 2.05) is 29.2 Å². The monoisotopic (exact) mass is 1210 g/mol. The van der Waals surface area contributed by atoms with Crippen LogP contribution in [0.2, 0.25) is 0 Å². The molecule has 87 heavy (non-hydrogen) atoms. The van der Waals surface area contributed by atoms with E-state index >= 15 is 0 Å². The lowest BCUT2D eigenvalue weighted by Crippen LogP contribution is -2.50. The van der Waals surface area contributed by atoms with Crippen molar-refractivity contribution >= 4 is 45.5 Å². The molecule has 2 fully saturated rings. The molecular weight excluding hydrogens is 1120 g/mol. The Kier molecular flexibility index (Phi) is 26.8. The maximum absolute atomic E-state index is 13.7. The molecule has 0 saturated carbocycles. The second-order valence-electron chi connectivity index (χ2n) is 22.0. The van der Waals surface area contributed by atoms with Gasteiger partial charge in [0.1, 0.15) is 22.9 Å². The smallest absolute Gasteiger partial charge is 0.299 e. The number of hydrogen-bond donors (Lipinski definition) is 4. The lowest BCUT2D eigenvalue weighted by molar-refractivity contribution is -0.393. The summed E-state index contributed by atoms with van der Waals surface area (Å²) in [5.74, 6) is 2.26. The molecule has 0 unspecified atom stereocenters. The maximum atomic E-state index is 13.7. The number of fused-ring (bicyclic) bond motifs is 3. The fourth-order valence-electron chi connectivity index (χ4n) is 11.2. The third-order valence-electron chi connectivity index (χ3n) is 16.0. The van der Waals surface area contributed by atoms with Crippen LogP contribution in [0.4, 0.5) is 22.7 Å². The summed E-state index contributed by atoms with van der Waals surface area (Å²) in [6.45, 7) is 18.4. The quantitative estimate of drug-likeness (QED) is 0.0164. The molecule has 3 aliphatic heterocycles. The van der Waals surface area contributed by atoms with Crippen molar-refractivity contribution in [2.45, 2.75) is 44.9 Å². The molecule has 24 heteroatoms. The van der Waals surface area contributed by atoms with E-state index in [2.05, 4.69) is 57.9 Å². The number of nitrogens with one attached hydrogen (secondary N) is 4. The minimum atomic E-state index is -0.683. The molecule has 24 nitrogen and oxygen atoms in total. The minimum absolute atomic E-state index is 0.0372. The number of non-ortho nitro benzene ring substituents is 1. The summed E-state index contributed by atoms with van der Waals surface area (Å²) >= 11 is 0. The number of aryl methyl sites for hydroxylation is 1. The van der Waals surface area contributed by atoms with E-state index in [0.29, 0.717) is 153 Å². The highest BCUT2D eigenvalue weighted by Gasteiger charge is 2.46. The molecule has 0 radical (unpaired) electrons. The van der Waals surface area contributed by atoms with Gasteiger partial charge >= 0.3 is 0 Å². The second kappa shape index (κ2) is 35.2. The summed E-state index contributed by atoms with van der Waals surface area (Å²) in [5.41, 5.74) is 5.75. The summed E-state index contributed by atoms with van der Waals surface area (Å²) in [5, 5.41) is 32.5. The Labute approximate surface area is 508 Å². The summed E-state index contributed by atoms with van der Waals surface area (Å²) in [6.07, 6.45) is 4.44. The Hall–Kier alpha value is -6.84. The fraction of sp³-hybridized carbons (Fsp3) is 0.556. The van der Waals surface area contributed by atoms with Crippen LogP contribution >= 0.6 is 0 Å². The molecule has 2 amide bonds. The Morgan fingerprint density at radius 3 is 1.79 bits per heavy atom. The van der Waals surface area contributed by atoms with Gasteiger partial charge < -0.3 is 78.1 Å². The highest BCUT2D eigenvalue weighted by Crippen LogP contribution is 2.47. The average molecular weight is 1210 g/mol. The SMILES string of the molecule is Cc1ccc2c(c1)NC[C@]21CCN(CCC2CCN(C(=O)c3cc4ccc(Oc5ccc(C(=O)NCCOCCOCCOCCOCCOCCOCCOCCOCCOCCNc6ccc([N+](=O)[O-])cc6[N+](=O)[O-])cc5)cc4[nH]3)CC2)C[C@H]1C. The zero-order valence-corrected chi connectivity index (χ0v) is 50.3. The molecule has 5 aromatic rings. The molecule has 2 saturated heterocycles. The van der Waals surface area contributed by atoms with Gasteiger partial charge in [0.05, 0.1) is 135 Å². The van der Waals surface area contributed by atoms with Crippen molar-refractivity contribution in [3.05, 3.63) is 128 Å². The highest BCUT2D eigenvalue weighted by molar-refractivity contribution is 5.98. The van der Waals surface area contributed by atoms with Crippen LogP contribution < -0.4 is 20.7 Å². The van der Waals surface area contributed by atoms with Crippen molar-refractivity contribution in [1.29, 1.82) is 0 Å². The number of carbonyl (C=O) groups is 2. The van der Waals surface area contributed by atoms with Gasteiger partial charge in [-0.05, 0) is 123 Å². The van der Waals surface area contributed by atoms with Gasteiger partial charge in [-0.3, -0.25) is 29.8 Å². The van der Waals surface area contributed by atoms with Gasteiger partial charge in [0.25, 0.3) is 23.2 Å². The molecule has 0 aliphatic carbocycles. The minimum Gasteiger partial charge on any atom is -0.457 e. The van der Waals surface area contributed by atoms with Crippen LogP contribution in [-0.2, 0) is 48.0 Å². The molecule has 4 aromatic carbocycles. The summed E-state index contributed by atoms with van der Waals surface area (Å²) in [6, 6.07) is 25.0. The van der Waals surface area contributed by atoms with Crippen molar-refractivity contribution in [3.8, 4) is 11.5 Å². The molecule has 1 aromatic heterocycles. The number of piperidine rings is 2. The second-order valence-corrected chi connectivity index (χ2v) is 22.0. The lowest BCUT2D eigenvalue weighted by Gasteiger charge is -2.45. The van der Waals surface area contributed by atoms with Gasteiger partial charge in [0.2, 0.25) is 0 Å². The zero-order valence-electron chi connectivity index (χ0n) is 50.3. The zero-order chi connectivity index (χ0) is 61.1. The summed E-state index contributed by atoms with van der Waals surface area (Å²) in [4.78, 5) is 55.2. The average Bonchev–Trinajstić information content (AvgIpc) is 1.79. The topological polar surface area (TPSA) is 271 Å². The van der Waals surface area contributed by atoms with Crippen LogP contribution in [0.3, 0.4) is 0 Å². The van der Waals surface area contributed by atoms with Gasteiger partial charge in [-0.15, -0.1) is 0 Å². The van der Waals surface area contributed by atoms with Crippen molar-refractivity contribution in [1.82, 2.24) is 20.1 Å². The molecule has 1 spiro atoms. The molecule has 4 N–H and O–H groups in total. The van der Waals surface area contributed by atoms with E-state index in [4.69, 9.17) is 47.4 Å². The van der Waals surface area contributed by atoms with Gasteiger partial charge in [0.15, 0.2) is 0 Å². The van der Waals surface area contributed by atoms with Crippen molar-refractivity contribution in [2.75, 3.05) is 182 Å². The van der Waals surface area contributed by atoms with Crippen molar-refractivity contribution in [3.63, 3.8) is 0 Å². The van der Waals surface area contributed by atoms with Crippen molar-refractivity contribution < 1.29 is 66.8 Å². The first-order valence-electron chi connectivity index (χ1n) is 30.4. The number of nitro benzene ring substituents is 2. The first-order valence-corrected chi connectivity index (χ1v) is 30.4. The van der Waals surface area contributed by atoms with Gasteiger partial charge in [-0.1, -0.05) is 19.1 Å². The summed E-state index contributed by atoms with van der Waals surface area (Å²) in [7, 11) is 0. The first kappa shape index (κ1) is 66.1. The number of anilines is 2. The van der Waals surface area contributed by atoms with E-state index in [1.165, 1.54) is 41.8 Å². The standard InChI is InChI=1S/C63H86N8O16/c1-47-3-11-55-58(41-47)66-46-63(55)16-22-68(45-48(63)2)19-13-49-14-20-69(21-15-49)62(73)59-42-51-6-10-54(44-57(51)67-59)87-53-8-4-50(5-9-53)61(72)65-18-24-79-26-28-81-30-32-83-34-36-85-38-40-86-39-37-84-35-33-82-31-29-80-27-25-78-23-17-64-56-12-7-52(70(74)75)43-60(56)71(76)77/h3-12,41-44,48-49,64,66-67H,13-40,45-46H2,1-2H3,(H,65,72)/t48-,63+/m1/s1. The number of hydrogen-bond acceptors (Lipinski definition) is 19. The largest absolute Gasteiger partial charge is 0.457 e. The number of benzene rings is 4. The van der Waals surface area contributed by atoms with Gasteiger partial charge in [-0.2, -0.15) is 0 Å². The highest BCUT2D eigenvalue weighted by atomic mass is 16.6. The third kappa shape index (κ3) is 20.6. The molecule has 474 valence electrons. The number of amides is 2. The van der Waals surface area contributed by atoms with Gasteiger partial charge in [-0.25, -0.2) is 0 Å². The van der Waals surface area contributed by atoms with E-state index in [9.17, 15) is 29.8 Å². The Bertz CT molecular complexity index is 2940. The Morgan fingerprint density at radius 1 is 0.644 bits per heavy atom.